The first kappa shape index (κ1) is 22.7. The van der Waals surface area contributed by atoms with Crippen LogP contribution in [0, 0.1) is 6.92 Å². The number of amides is 1. The summed E-state index contributed by atoms with van der Waals surface area (Å²) in [6, 6.07) is 14.9. The number of phenols is 2. The highest BCUT2D eigenvalue weighted by atomic mass is 16.3. The van der Waals surface area contributed by atoms with Gasteiger partial charge < -0.3 is 20.8 Å². The summed E-state index contributed by atoms with van der Waals surface area (Å²) in [5, 5.41) is 27.2. The van der Waals surface area contributed by atoms with Crippen LogP contribution in [0.3, 0.4) is 0 Å². The minimum atomic E-state index is -0.201. The Balaban J connectivity index is 1.70. The molecule has 0 saturated heterocycles. The number of nitrogens with one attached hydrogen (secondary N) is 2. The van der Waals surface area contributed by atoms with Gasteiger partial charge in [-0.2, -0.15) is 0 Å². The molecule has 1 fully saturated rings. The van der Waals surface area contributed by atoms with Crippen LogP contribution in [-0.2, 0) is 0 Å². The van der Waals surface area contributed by atoms with Crippen LogP contribution < -0.4 is 10.6 Å². The number of hydrogen-bond donors (Lipinski definition) is 4. The molecule has 0 bridgehead atoms. The molecule has 1 aliphatic rings. The van der Waals surface area contributed by atoms with E-state index >= 15 is 0 Å². The quantitative estimate of drug-likeness (QED) is 0.282. The Labute approximate surface area is 203 Å². The summed E-state index contributed by atoms with van der Waals surface area (Å²) in [6.07, 6.45) is 3.84. The van der Waals surface area contributed by atoms with Gasteiger partial charge in [-0.3, -0.25) is 4.79 Å². The maximum absolute atomic E-state index is 12.8. The summed E-state index contributed by atoms with van der Waals surface area (Å²) in [5.74, 6) is 0.0743. The van der Waals surface area contributed by atoms with Crippen LogP contribution in [0.4, 0.5) is 5.95 Å². The van der Waals surface area contributed by atoms with Crippen molar-refractivity contribution in [1.82, 2.24) is 15.3 Å². The highest BCUT2D eigenvalue weighted by Crippen LogP contribution is 2.40. The van der Waals surface area contributed by atoms with Crippen molar-refractivity contribution in [3.63, 3.8) is 0 Å². The zero-order valence-electron chi connectivity index (χ0n) is 20.0. The van der Waals surface area contributed by atoms with E-state index in [1.807, 2.05) is 51.1 Å². The van der Waals surface area contributed by atoms with E-state index in [0.29, 0.717) is 11.5 Å². The Hall–Kier alpha value is -4.13. The molecular weight excluding hydrogens is 440 g/mol. The van der Waals surface area contributed by atoms with Gasteiger partial charge >= 0.3 is 0 Å². The molecule has 0 spiro atoms. The maximum Gasteiger partial charge on any atom is 0.251 e. The lowest BCUT2D eigenvalue weighted by atomic mass is 9.89. The lowest BCUT2D eigenvalue weighted by Crippen LogP contribution is -2.25. The van der Waals surface area contributed by atoms with Crippen molar-refractivity contribution in [2.75, 3.05) is 5.32 Å². The lowest BCUT2D eigenvalue weighted by Gasteiger charge is -2.16. The zero-order chi connectivity index (χ0) is 24.7. The second-order valence-electron chi connectivity index (χ2n) is 9.43. The van der Waals surface area contributed by atoms with E-state index in [4.69, 9.17) is 0 Å². The maximum atomic E-state index is 12.8. The molecule has 4 N–H and O–H groups in total. The molecular formula is C28H28N4O3. The molecule has 1 saturated carbocycles. The molecule has 1 aromatic heterocycles. The largest absolute Gasteiger partial charge is 0.504 e. The fourth-order valence-corrected chi connectivity index (χ4v) is 4.11. The first-order valence-corrected chi connectivity index (χ1v) is 11.8. The summed E-state index contributed by atoms with van der Waals surface area (Å²) >= 11 is 0. The molecule has 1 aliphatic carbocycles. The molecule has 0 unspecified atom stereocenters. The molecule has 0 atom stereocenters. The molecule has 0 radical (unpaired) electrons. The number of phenolic OH excluding ortho intramolecular Hbond substituents is 2. The molecule has 1 heterocycles. The standard InChI is InChI=1S/C28H28N4O3/c1-15(2)30-28-29-14-19-11-23(21-10-18(5-4-16(21)3)27(35)31-20-7-8-20)22(13-24(19)32-28)17-6-9-25(33)26(34)12-17/h4-6,9-15,20,33-34H,7-8H2,1-3H3,(H,31,35)(H,29,30,32). The molecule has 5 rings (SSSR count). The number of aromatic hydroxyl groups is 2. The van der Waals surface area contributed by atoms with E-state index in [1.165, 1.54) is 12.1 Å². The average Bonchev–Trinajstić information content (AvgIpc) is 3.64. The highest BCUT2D eigenvalue weighted by Gasteiger charge is 2.24. The van der Waals surface area contributed by atoms with Crippen LogP contribution in [-0.4, -0.2) is 38.2 Å². The number of carbonyl (C=O) groups excluding carboxylic acids is 1. The molecule has 178 valence electrons. The minimum absolute atomic E-state index is 0.0777. The van der Waals surface area contributed by atoms with Crippen molar-refractivity contribution in [2.24, 2.45) is 0 Å². The Kier molecular flexibility index (Phi) is 5.76. The van der Waals surface area contributed by atoms with E-state index in [1.54, 1.807) is 12.3 Å². The van der Waals surface area contributed by atoms with Crippen LogP contribution in [0.5, 0.6) is 11.5 Å². The molecule has 0 aliphatic heterocycles. The molecule has 3 aromatic carbocycles. The molecule has 1 amide bonds. The van der Waals surface area contributed by atoms with Crippen molar-refractivity contribution in [3.05, 3.63) is 65.9 Å². The predicted octanol–water partition coefficient (Wildman–Crippen LogP) is 5.40. The van der Waals surface area contributed by atoms with Gasteiger partial charge in [0, 0.05) is 29.2 Å². The minimum Gasteiger partial charge on any atom is -0.504 e. The normalized spacial score (nSPS) is 13.3. The molecule has 4 aromatic rings. The van der Waals surface area contributed by atoms with Crippen molar-refractivity contribution in [2.45, 2.75) is 45.7 Å². The number of nitrogens with zero attached hydrogens (tertiary/aromatic N) is 2. The van der Waals surface area contributed by atoms with Gasteiger partial charge in [0.25, 0.3) is 5.91 Å². The fourth-order valence-electron chi connectivity index (χ4n) is 4.11. The number of carbonyl (C=O) groups is 1. The highest BCUT2D eigenvalue weighted by molar-refractivity contribution is 5.99. The topological polar surface area (TPSA) is 107 Å². The SMILES string of the molecule is Cc1ccc(C(=O)NC2CC2)cc1-c1cc2cnc(NC(C)C)nc2cc1-c1ccc(O)c(O)c1. The number of aryl methyl sites for hydroxylation is 1. The van der Waals surface area contributed by atoms with Crippen molar-refractivity contribution < 1.29 is 15.0 Å². The summed E-state index contributed by atoms with van der Waals surface area (Å²) < 4.78 is 0. The second-order valence-corrected chi connectivity index (χ2v) is 9.43. The monoisotopic (exact) mass is 468 g/mol. The number of benzene rings is 3. The predicted molar refractivity (Wildman–Crippen MR) is 138 cm³/mol. The van der Waals surface area contributed by atoms with E-state index in [2.05, 4.69) is 20.6 Å². The van der Waals surface area contributed by atoms with Gasteiger partial charge in [0.05, 0.1) is 5.52 Å². The van der Waals surface area contributed by atoms with Gasteiger partial charge in [-0.05, 0) is 97.8 Å². The Morgan fingerprint density at radius 2 is 1.77 bits per heavy atom. The third-order valence-corrected chi connectivity index (χ3v) is 6.13. The summed E-state index contributed by atoms with van der Waals surface area (Å²) in [5.41, 5.74) is 5.69. The number of rotatable bonds is 6. The fraction of sp³-hybridized carbons (Fsp3) is 0.250. The van der Waals surface area contributed by atoms with Crippen LogP contribution in [0.2, 0.25) is 0 Å². The van der Waals surface area contributed by atoms with E-state index < -0.39 is 0 Å². The number of aromatic nitrogens is 2. The molecule has 7 nitrogen and oxygen atoms in total. The van der Waals surface area contributed by atoms with Crippen LogP contribution >= 0.6 is 0 Å². The zero-order valence-corrected chi connectivity index (χ0v) is 20.0. The third-order valence-electron chi connectivity index (χ3n) is 6.13. The van der Waals surface area contributed by atoms with E-state index in [9.17, 15) is 15.0 Å². The third kappa shape index (κ3) is 4.75. The average molecular weight is 469 g/mol. The van der Waals surface area contributed by atoms with Gasteiger partial charge in [0.2, 0.25) is 5.95 Å². The van der Waals surface area contributed by atoms with Crippen molar-refractivity contribution >= 4 is 22.8 Å². The second kappa shape index (κ2) is 8.91. The summed E-state index contributed by atoms with van der Waals surface area (Å²) in [6.45, 7) is 6.05. The Bertz CT molecular complexity index is 1440. The van der Waals surface area contributed by atoms with E-state index in [0.717, 1.165) is 51.6 Å². The molecule has 35 heavy (non-hydrogen) atoms. The van der Waals surface area contributed by atoms with Crippen molar-refractivity contribution in [1.29, 1.82) is 0 Å². The lowest BCUT2D eigenvalue weighted by molar-refractivity contribution is 0.0951. The van der Waals surface area contributed by atoms with E-state index in [-0.39, 0.29) is 29.5 Å². The first-order valence-electron chi connectivity index (χ1n) is 11.8. The van der Waals surface area contributed by atoms with Gasteiger partial charge in [0.1, 0.15) is 0 Å². The van der Waals surface area contributed by atoms with Gasteiger partial charge in [-0.15, -0.1) is 0 Å². The van der Waals surface area contributed by atoms with Crippen molar-refractivity contribution in [3.8, 4) is 33.8 Å². The summed E-state index contributed by atoms with van der Waals surface area (Å²) in [4.78, 5) is 21.9. The van der Waals surface area contributed by atoms with Gasteiger partial charge in [-0.25, -0.2) is 9.97 Å². The van der Waals surface area contributed by atoms with Crippen LogP contribution in [0.15, 0.2) is 54.7 Å². The summed E-state index contributed by atoms with van der Waals surface area (Å²) in [7, 11) is 0. The smallest absolute Gasteiger partial charge is 0.251 e. The number of anilines is 1. The Morgan fingerprint density at radius 3 is 2.49 bits per heavy atom. The van der Waals surface area contributed by atoms with Crippen LogP contribution in [0.25, 0.3) is 33.2 Å². The molecule has 7 heteroatoms. The first-order chi connectivity index (χ1) is 16.8. The number of hydrogen-bond acceptors (Lipinski definition) is 6. The van der Waals surface area contributed by atoms with Crippen LogP contribution in [0.1, 0.15) is 42.6 Å². The van der Waals surface area contributed by atoms with Gasteiger partial charge in [0.15, 0.2) is 11.5 Å². The van der Waals surface area contributed by atoms with Gasteiger partial charge in [-0.1, -0.05) is 12.1 Å². The Morgan fingerprint density at radius 1 is 0.971 bits per heavy atom. The number of fused-ring (bicyclic) bond motifs is 1.